The fraction of sp³-hybridized carbons (Fsp3) is 0.278. The van der Waals surface area contributed by atoms with Crippen molar-refractivity contribution in [1.82, 2.24) is 0 Å². The van der Waals surface area contributed by atoms with Crippen molar-refractivity contribution in [3.05, 3.63) is 59.7 Å². The molecule has 0 saturated heterocycles. The van der Waals surface area contributed by atoms with Crippen LogP contribution in [-0.2, 0) is 11.2 Å². The van der Waals surface area contributed by atoms with E-state index in [1.165, 1.54) is 16.0 Å². The van der Waals surface area contributed by atoms with Gasteiger partial charge in [0.15, 0.2) is 0 Å². The molecule has 1 aliphatic heterocycles. The summed E-state index contributed by atoms with van der Waals surface area (Å²) in [5.41, 5.74) is 3.62. The van der Waals surface area contributed by atoms with Crippen molar-refractivity contribution in [2.24, 2.45) is 0 Å². The quantitative estimate of drug-likeness (QED) is 0.796. The maximum Gasteiger partial charge on any atom is 0.237 e. The van der Waals surface area contributed by atoms with Crippen molar-refractivity contribution in [2.45, 2.75) is 24.7 Å². The number of benzene rings is 2. The summed E-state index contributed by atoms with van der Waals surface area (Å²) in [6.45, 7) is 2.92. The zero-order valence-corrected chi connectivity index (χ0v) is 13.0. The molecule has 0 spiro atoms. The van der Waals surface area contributed by atoms with Crippen LogP contribution in [0.2, 0.25) is 0 Å². The van der Waals surface area contributed by atoms with Crippen LogP contribution in [0.15, 0.2) is 53.4 Å². The molecule has 0 bridgehead atoms. The summed E-state index contributed by atoms with van der Waals surface area (Å²) >= 11 is 1.63. The monoisotopic (exact) mass is 297 g/mol. The third-order valence-electron chi connectivity index (χ3n) is 3.86. The highest BCUT2D eigenvalue weighted by atomic mass is 32.2. The number of thioether (sulfide) groups is 1. The molecular weight excluding hydrogens is 278 g/mol. The molecule has 3 rings (SSSR count). The first-order valence-electron chi connectivity index (χ1n) is 7.32. The van der Waals surface area contributed by atoms with Gasteiger partial charge in [-0.3, -0.25) is 4.79 Å². The Kier molecular flexibility index (Phi) is 4.30. The zero-order chi connectivity index (χ0) is 14.7. The summed E-state index contributed by atoms with van der Waals surface area (Å²) in [6, 6.07) is 16.5. The topological polar surface area (TPSA) is 20.3 Å². The minimum atomic E-state index is 0.204. The first-order valence-corrected chi connectivity index (χ1v) is 8.31. The summed E-state index contributed by atoms with van der Waals surface area (Å²) in [5.74, 6) is 0.703. The molecule has 0 fully saturated rings. The normalized spacial score (nSPS) is 13.9. The molecule has 1 aliphatic rings. The van der Waals surface area contributed by atoms with Crippen LogP contribution in [0.4, 0.5) is 5.69 Å². The number of amides is 1. The summed E-state index contributed by atoms with van der Waals surface area (Å²) in [4.78, 5) is 15.7. The number of rotatable bonds is 3. The van der Waals surface area contributed by atoms with E-state index in [0.717, 1.165) is 25.1 Å². The molecule has 0 unspecified atom stereocenters. The number of nitrogens with zero attached hydrogens (tertiary/aromatic N) is 1. The van der Waals surface area contributed by atoms with Crippen molar-refractivity contribution < 1.29 is 4.79 Å². The molecule has 0 atom stereocenters. The molecule has 0 aromatic heterocycles. The largest absolute Gasteiger partial charge is 0.311 e. The average Bonchev–Trinajstić information content (AvgIpc) is 2.53. The predicted molar refractivity (Wildman–Crippen MR) is 89.0 cm³/mol. The van der Waals surface area contributed by atoms with Gasteiger partial charge in [-0.25, -0.2) is 0 Å². The van der Waals surface area contributed by atoms with Gasteiger partial charge in [0.05, 0.1) is 5.75 Å². The lowest BCUT2D eigenvalue weighted by Crippen LogP contribution is -2.36. The smallest absolute Gasteiger partial charge is 0.237 e. The molecule has 2 aromatic rings. The van der Waals surface area contributed by atoms with Crippen LogP contribution >= 0.6 is 11.8 Å². The minimum absolute atomic E-state index is 0.204. The maximum absolute atomic E-state index is 12.6. The Morgan fingerprint density at radius 2 is 1.90 bits per heavy atom. The molecule has 3 heteroatoms. The number of aryl methyl sites for hydroxylation is 2. The third kappa shape index (κ3) is 3.13. The first kappa shape index (κ1) is 14.2. The molecule has 0 saturated carbocycles. The van der Waals surface area contributed by atoms with Crippen molar-refractivity contribution in [3.63, 3.8) is 0 Å². The molecular formula is C18H19NOS. The van der Waals surface area contributed by atoms with Gasteiger partial charge in [-0.1, -0.05) is 36.4 Å². The molecule has 0 aliphatic carbocycles. The van der Waals surface area contributed by atoms with E-state index in [4.69, 9.17) is 0 Å². The van der Waals surface area contributed by atoms with E-state index in [0.29, 0.717) is 5.75 Å². The maximum atomic E-state index is 12.6. The van der Waals surface area contributed by atoms with E-state index in [2.05, 4.69) is 37.3 Å². The van der Waals surface area contributed by atoms with Gasteiger partial charge in [0.25, 0.3) is 0 Å². The second-order valence-corrected chi connectivity index (χ2v) is 6.35. The van der Waals surface area contributed by atoms with Crippen molar-refractivity contribution >= 4 is 23.4 Å². The van der Waals surface area contributed by atoms with Gasteiger partial charge >= 0.3 is 0 Å². The Morgan fingerprint density at radius 1 is 1.14 bits per heavy atom. The Hall–Kier alpha value is -1.74. The summed E-state index contributed by atoms with van der Waals surface area (Å²) in [6.07, 6.45) is 2.13. The minimum Gasteiger partial charge on any atom is -0.311 e. The molecule has 21 heavy (non-hydrogen) atoms. The van der Waals surface area contributed by atoms with Gasteiger partial charge in [-0.05, 0) is 43.0 Å². The molecule has 2 nitrogen and oxygen atoms in total. The Bertz CT molecular complexity index is 653. The van der Waals surface area contributed by atoms with Crippen LogP contribution in [-0.4, -0.2) is 18.2 Å². The van der Waals surface area contributed by atoms with Crippen molar-refractivity contribution in [3.8, 4) is 0 Å². The van der Waals surface area contributed by atoms with E-state index in [1.54, 1.807) is 11.8 Å². The molecule has 2 aromatic carbocycles. The molecule has 0 N–H and O–H groups in total. The van der Waals surface area contributed by atoms with Gasteiger partial charge in [0.1, 0.15) is 0 Å². The van der Waals surface area contributed by atoms with Gasteiger partial charge in [0.2, 0.25) is 5.91 Å². The predicted octanol–water partition coefficient (Wildman–Crippen LogP) is 4.07. The molecule has 1 amide bonds. The second-order valence-electron chi connectivity index (χ2n) is 5.33. The summed E-state index contributed by atoms with van der Waals surface area (Å²) in [7, 11) is 0. The van der Waals surface area contributed by atoms with E-state index >= 15 is 0 Å². The molecule has 108 valence electrons. The number of carbonyl (C=O) groups excluding carboxylic acids is 1. The van der Waals surface area contributed by atoms with Gasteiger partial charge in [-0.2, -0.15) is 0 Å². The Labute approximate surface area is 130 Å². The standard InChI is InChI=1S/C18H19NOS/c1-14-7-2-5-11-17(14)21-13-18(20)19-12-6-9-15-8-3-4-10-16(15)19/h2-5,7-8,10-11H,6,9,12-13H2,1H3. The lowest BCUT2D eigenvalue weighted by atomic mass is 10.0. The molecule has 1 heterocycles. The highest BCUT2D eigenvalue weighted by molar-refractivity contribution is 8.00. The van der Waals surface area contributed by atoms with Crippen LogP contribution in [0.3, 0.4) is 0 Å². The van der Waals surface area contributed by atoms with E-state index in [9.17, 15) is 4.79 Å². The van der Waals surface area contributed by atoms with Crippen LogP contribution in [0, 0.1) is 6.92 Å². The van der Waals surface area contributed by atoms with Gasteiger partial charge in [-0.15, -0.1) is 11.8 Å². The van der Waals surface area contributed by atoms with Crippen LogP contribution in [0.5, 0.6) is 0 Å². The average molecular weight is 297 g/mol. The lowest BCUT2D eigenvalue weighted by molar-refractivity contribution is -0.116. The van der Waals surface area contributed by atoms with E-state index in [-0.39, 0.29) is 5.91 Å². The highest BCUT2D eigenvalue weighted by Gasteiger charge is 2.21. The van der Waals surface area contributed by atoms with Crippen LogP contribution in [0.25, 0.3) is 0 Å². The van der Waals surface area contributed by atoms with Crippen LogP contribution < -0.4 is 4.90 Å². The van der Waals surface area contributed by atoms with Crippen molar-refractivity contribution in [2.75, 3.05) is 17.2 Å². The number of hydrogen-bond donors (Lipinski definition) is 0. The fourth-order valence-electron chi connectivity index (χ4n) is 2.73. The fourth-order valence-corrected chi connectivity index (χ4v) is 3.63. The Morgan fingerprint density at radius 3 is 2.76 bits per heavy atom. The van der Waals surface area contributed by atoms with Crippen LogP contribution in [0.1, 0.15) is 17.5 Å². The van der Waals surface area contributed by atoms with E-state index < -0.39 is 0 Å². The number of hydrogen-bond acceptors (Lipinski definition) is 2. The number of carbonyl (C=O) groups is 1. The SMILES string of the molecule is Cc1ccccc1SCC(=O)N1CCCc2ccccc21. The Balaban J connectivity index is 1.71. The first-order chi connectivity index (χ1) is 10.3. The van der Waals surface area contributed by atoms with E-state index in [1.807, 2.05) is 23.1 Å². The second kappa shape index (κ2) is 6.35. The van der Waals surface area contributed by atoms with Gasteiger partial charge < -0.3 is 4.90 Å². The number of para-hydroxylation sites is 1. The van der Waals surface area contributed by atoms with Crippen molar-refractivity contribution in [1.29, 1.82) is 0 Å². The van der Waals surface area contributed by atoms with Gasteiger partial charge in [0, 0.05) is 17.1 Å². The lowest BCUT2D eigenvalue weighted by Gasteiger charge is -2.29. The molecule has 0 radical (unpaired) electrons. The summed E-state index contributed by atoms with van der Waals surface area (Å²) < 4.78 is 0. The number of fused-ring (bicyclic) bond motifs is 1. The zero-order valence-electron chi connectivity index (χ0n) is 12.2. The number of anilines is 1. The third-order valence-corrected chi connectivity index (χ3v) is 5.02. The summed E-state index contributed by atoms with van der Waals surface area (Å²) in [5, 5.41) is 0. The highest BCUT2D eigenvalue weighted by Crippen LogP contribution is 2.28.